The summed E-state index contributed by atoms with van der Waals surface area (Å²) in [4.78, 5) is 25.5. The van der Waals surface area contributed by atoms with Gasteiger partial charge in [-0.2, -0.15) is 9.50 Å². The van der Waals surface area contributed by atoms with Crippen LogP contribution >= 0.6 is 0 Å². The number of ether oxygens (including phenoxy) is 1. The Bertz CT molecular complexity index is 1170. The third-order valence-electron chi connectivity index (χ3n) is 5.08. The van der Waals surface area contributed by atoms with Gasteiger partial charge in [0, 0.05) is 25.5 Å². The SMILES string of the molecule is CCn1c(=O)c2[nH]c(C3CCOC3)nc2n2nc(Cc3ccccc3)nc12. The number of benzene rings is 1. The maximum Gasteiger partial charge on any atom is 0.281 e. The van der Waals surface area contributed by atoms with E-state index in [2.05, 4.69) is 15.1 Å². The molecule has 0 bridgehead atoms. The second-order valence-corrected chi connectivity index (χ2v) is 6.83. The predicted octanol–water partition coefficient (Wildman–Crippen LogP) is 1.88. The van der Waals surface area contributed by atoms with Gasteiger partial charge in [-0.25, -0.2) is 4.98 Å². The molecule has 1 saturated heterocycles. The minimum absolute atomic E-state index is 0.115. The molecule has 1 aliphatic heterocycles. The molecule has 0 spiro atoms. The van der Waals surface area contributed by atoms with Crippen LogP contribution in [0.25, 0.3) is 16.9 Å². The Morgan fingerprint density at radius 3 is 2.85 bits per heavy atom. The lowest BCUT2D eigenvalue weighted by Gasteiger charge is -2.02. The van der Waals surface area contributed by atoms with Crippen molar-refractivity contribution in [2.24, 2.45) is 0 Å². The predicted molar refractivity (Wildman–Crippen MR) is 100.0 cm³/mol. The Hall–Kier alpha value is -3.00. The van der Waals surface area contributed by atoms with E-state index in [4.69, 9.17) is 9.72 Å². The molecule has 1 fully saturated rings. The van der Waals surface area contributed by atoms with Crippen LogP contribution in [-0.4, -0.2) is 42.3 Å². The first-order valence-corrected chi connectivity index (χ1v) is 9.24. The highest BCUT2D eigenvalue weighted by Gasteiger charge is 2.24. The quantitative estimate of drug-likeness (QED) is 0.597. The third kappa shape index (κ3) is 2.64. The standard InChI is InChI=1S/C19H20N6O2/c1-2-24-18(26)15-17(22-16(21-15)13-8-9-27-11-13)25-19(24)20-14(23-25)10-12-6-4-3-5-7-12/h3-7,13H,2,8-11H2,1H3,(H,21,22). The van der Waals surface area contributed by atoms with E-state index < -0.39 is 0 Å². The molecule has 27 heavy (non-hydrogen) atoms. The van der Waals surface area contributed by atoms with Crippen molar-refractivity contribution in [2.45, 2.75) is 32.2 Å². The van der Waals surface area contributed by atoms with Gasteiger partial charge < -0.3 is 9.72 Å². The van der Waals surface area contributed by atoms with Crippen molar-refractivity contribution < 1.29 is 4.74 Å². The summed E-state index contributed by atoms with van der Waals surface area (Å²) in [6.07, 6.45) is 1.51. The van der Waals surface area contributed by atoms with Gasteiger partial charge in [-0.05, 0) is 18.9 Å². The molecule has 4 heterocycles. The van der Waals surface area contributed by atoms with Gasteiger partial charge in [-0.3, -0.25) is 9.36 Å². The molecular formula is C19H20N6O2. The Morgan fingerprint density at radius 1 is 1.26 bits per heavy atom. The van der Waals surface area contributed by atoms with E-state index in [1.54, 1.807) is 9.08 Å². The van der Waals surface area contributed by atoms with Gasteiger partial charge in [0.05, 0.1) is 6.61 Å². The highest BCUT2D eigenvalue weighted by Crippen LogP contribution is 2.24. The summed E-state index contributed by atoms with van der Waals surface area (Å²) in [5.41, 5.74) is 2.02. The maximum atomic E-state index is 12.9. The largest absolute Gasteiger partial charge is 0.381 e. The number of nitrogens with zero attached hydrogens (tertiary/aromatic N) is 5. The van der Waals surface area contributed by atoms with E-state index in [0.717, 1.165) is 24.4 Å². The number of hydrogen-bond acceptors (Lipinski definition) is 5. The Labute approximate surface area is 154 Å². The Balaban J connectivity index is 1.69. The summed E-state index contributed by atoms with van der Waals surface area (Å²) in [6.45, 7) is 3.80. The van der Waals surface area contributed by atoms with E-state index in [0.29, 0.717) is 42.3 Å². The summed E-state index contributed by atoms with van der Waals surface area (Å²) in [7, 11) is 0. The van der Waals surface area contributed by atoms with Gasteiger partial charge in [0.2, 0.25) is 5.78 Å². The molecule has 0 saturated carbocycles. The lowest BCUT2D eigenvalue weighted by atomic mass is 10.1. The van der Waals surface area contributed by atoms with Crippen molar-refractivity contribution in [1.29, 1.82) is 0 Å². The van der Waals surface area contributed by atoms with Crippen LogP contribution in [0.15, 0.2) is 35.1 Å². The summed E-state index contributed by atoms with van der Waals surface area (Å²) < 4.78 is 8.79. The second kappa shape index (κ2) is 6.31. The summed E-state index contributed by atoms with van der Waals surface area (Å²) in [5.74, 6) is 2.18. The minimum Gasteiger partial charge on any atom is -0.381 e. The molecule has 1 unspecified atom stereocenters. The maximum absolute atomic E-state index is 12.9. The number of aromatic nitrogens is 6. The van der Waals surface area contributed by atoms with Crippen LogP contribution in [0.1, 0.15) is 36.5 Å². The van der Waals surface area contributed by atoms with Gasteiger partial charge in [0.1, 0.15) is 5.82 Å². The highest BCUT2D eigenvalue weighted by molar-refractivity contribution is 5.72. The van der Waals surface area contributed by atoms with Crippen molar-refractivity contribution >= 4 is 16.9 Å². The van der Waals surface area contributed by atoms with Crippen LogP contribution in [-0.2, 0) is 17.7 Å². The van der Waals surface area contributed by atoms with E-state index in [1.807, 2.05) is 37.3 Å². The smallest absolute Gasteiger partial charge is 0.281 e. The molecule has 5 rings (SSSR count). The molecule has 8 heteroatoms. The van der Waals surface area contributed by atoms with Crippen LogP contribution < -0.4 is 5.56 Å². The zero-order valence-electron chi connectivity index (χ0n) is 15.1. The monoisotopic (exact) mass is 364 g/mol. The summed E-state index contributed by atoms with van der Waals surface area (Å²) >= 11 is 0. The van der Waals surface area contributed by atoms with Gasteiger partial charge in [-0.1, -0.05) is 30.3 Å². The number of hydrogen-bond donors (Lipinski definition) is 1. The third-order valence-corrected chi connectivity index (χ3v) is 5.08. The van der Waals surface area contributed by atoms with Crippen LogP contribution in [0.4, 0.5) is 0 Å². The van der Waals surface area contributed by atoms with Crippen LogP contribution in [0.2, 0.25) is 0 Å². The van der Waals surface area contributed by atoms with E-state index in [9.17, 15) is 4.79 Å². The fourth-order valence-corrected chi connectivity index (χ4v) is 3.65. The number of aromatic amines is 1. The van der Waals surface area contributed by atoms with Crippen molar-refractivity contribution in [1.82, 2.24) is 29.1 Å². The van der Waals surface area contributed by atoms with Crippen molar-refractivity contribution in [3.8, 4) is 0 Å². The second-order valence-electron chi connectivity index (χ2n) is 6.83. The number of imidazole rings is 1. The lowest BCUT2D eigenvalue weighted by molar-refractivity contribution is 0.193. The fraction of sp³-hybridized carbons (Fsp3) is 0.368. The molecule has 138 valence electrons. The molecule has 1 N–H and O–H groups in total. The lowest BCUT2D eigenvalue weighted by Crippen LogP contribution is -2.22. The highest BCUT2D eigenvalue weighted by atomic mass is 16.5. The molecule has 0 radical (unpaired) electrons. The molecule has 0 amide bonds. The van der Waals surface area contributed by atoms with E-state index in [1.165, 1.54) is 0 Å². The number of nitrogens with one attached hydrogen (secondary N) is 1. The summed E-state index contributed by atoms with van der Waals surface area (Å²) in [6, 6.07) is 10.1. The van der Waals surface area contributed by atoms with Crippen LogP contribution in [0.5, 0.6) is 0 Å². The summed E-state index contributed by atoms with van der Waals surface area (Å²) in [5, 5.41) is 4.66. The number of H-pyrrole nitrogens is 1. The van der Waals surface area contributed by atoms with Gasteiger partial charge in [-0.15, -0.1) is 5.10 Å². The van der Waals surface area contributed by atoms with Gasteiger partial charge in [0.25, 0.3) is 5.56 Å². The molecule has 4 aromatic rings. The average Bonchev–Trinajstić information content (AvgIpc) is 3.42. The number of fused-ring (bicyclic) bond motifs is 3. The first-order valence-electron chi connectivity index (χ1n) is 9.24. The van der Waals surface area contributed by atoms with Crippen LogP contribution in [0, 0.1) is 0 Å². The molecule has 3 aromatic heterocycles. The molecule has 1 aliphatic rings. The topological polar surface area (TPSA) is 90.1 Å². The number of aryl methyl sites for hydroxylation is 1. The molecule has 8 nitrogen and oxygen atoms in total. The van der Waals surface area contributed by atoms with Crippen molar-refractivity contribution in [3.05, 3.63) is 57.9 Å². The zero-order chi connectivity index (χ0) is 18.4. The number of rotatable bonds is 4. The van der Waals surface area contributed by atoms with Gasteiger partial charge in [0.15, 0.2) is 17.0 Å². The fourth-order valence-electron chi connectivity index (χ4n) is 3.65. The molecule has 0 aliphatic carbocycles. The zero-order valence-corrected chi connectivity index (χ0v) is 15.1. The Morgan fingerprint density at radius 2 is 2.11 bits per heavy atom. The van der Waals surface area contributed by atoms with Crippen LogP contribution in [0.3, 0.4) is 0 Å². The normalized spacial score (nSPS) is 17.3. The van der Waals surface area contributed by atoms with Gasteiger partial charge >= 0.3 is 0 Å². The minimum atomic E-state index is -0.115. The first-order chi connectivity index (χ1) is 13.2. The molecule has 1 aromatic carbocycles. The molecule has 1 atom stereocenters. The van der Waals surface area contributed by atoms with Crippen molar-refractivity contribution in [2.75, 3.05) is 13.2 Å². The van der Waals surface area contributed by atoms with E-state index in [-0.39, 0.29) is 11.5 Å². The van der Waals surface area contributed by atoms with Crippen molar-refractivity contribution in [3.63, 3.8) is 0 Å². The molecular weight excluding hydrogens is 344 g/mol. The Kier molecular flexibility index (Phi) is 3.78. The average molecular weight is 364 g/mol. The first kappa shape index (κ1) is 16.2. The van der Waals surface area contributed by atoms with E-state index >= 15 is 0 Å².